The summed E-state index contributed by atoms with van der Waals surface area (Å²) in [6.45, 7) is 8.13. The zero-order valence-corrected chi connectivity index (χ0v) is 11.3. The molecule has 0 amide bonds. The van der Waals surface area contributed by atoms with Crippen LogP contribution in [0.3, 0.4) is 0 Å². The molecular formula is C14H26N4. The van der Waals surface area contributed by atoms with E-state index in [1.54, 1.807) is 0 Å². The largest absolute Gasteiger partial charge is 0.389 e. The van der Waals surface area contributed by atoms with Gasteiger partial charge in [-0.3, -0.25) is 10.3 Å². The van der Waals surface area contributed by atoms with Gasteiger partial charge in [-0.25, -0.2) is 0 Å². The first kappa shape index (κ1) is 13.4. The van der Waals surface area contributed by atoms with E-state index in [-0.39, 0.29) is 0 Å². The van der Waals surface area contributed by atoms with Crippen molar-refractivity contribution in [2.24, 2.45) is 0 Å². The monoisotopic (exact) mass is 250 g/mol. The first-order valence-electron chi connectivity index (χ1n) is 7.19. The van der Waals surface area contributed by atoms with Crippen molar-refractivity contribution >= 4 is 6.34 Å². The highest BCUT2D eigenvalue weighted by Gasteiger charge is 2.27. The van der Waals surface area contributed by atoms with E-state index in [2.05, 4.69) is 21.7 Å². The second kappa shape index (κ2) is 6.78. The van der Waals surface area contributed by atoms with Gasteiger partial charge < -0.3 is 10.2 Å². The Hall–Kier alpha value is -1.03. The Kier molecular flexibility index (Phi) is 5.05. The molecule has 4 heteroatoms. The van der Waals surface area contributed by atoms with E-state index in [9.17, 15) is 0 Å². The highest BCUT2D eigenvalue weighted by Crippen LogP contribution is 2.24. The van der Waals surface area contributed by atoms with E-state index >= 15 is 0 Å². The molecule has 2 fully saturated rings. The standard InChI is InChI=1S/C14H26N4/c1-2-16-13-5-3-6-14(11-13)18-8-4-7-17(12-15)9-10-18/h2,12-16H,1,3-11H2/t13-,14-/m0/s1. The minimum Gasteiger partial charge on any atom is -0.389 e. The fraction of sp³-hybridized carbons (Fsp3) is 0.786. The molecule has 0 aromatic carbocycles. The Balaban J connectivity index is 1.86. The smallest absolute Gasteiger partial charge is 0.0817 e. The van der Waals surface area contributed by atoms with Crippen molar-refractivity contribution in [3.8, 4) is 0 Å². The summed E-state index contributed by atoms with van der Waals surface area (Å²) < 4.78 is 0. The second-order valence-corrected chi connectivity index (χ2v) is 5.44. The molecule has 2 N–H and O–H groups in total. The van der Waals surface area contributed by atoms with Gasteiger partial charge in [0, 0.05) is 38.3 Å². The van der Waals surface area contributed by atoms with Crippen molar-refractivity contribution in [2.45, 2.75) is 44.2 Å². The molecule has 0 unspecified atom stereocenters. The van der Waals surface area contributed by atoms with Crippen LogP contribution in [0.25, 0.3) is 0 Å². The summed E-state index contributed by atoms with van der Waals surface area (Å²) in [6.07, 6.45) is 9.70. The van der Waals surface area contributed by atoms with Crippen LogP contribution in [0, 0.1) is 5.41 Å². The van der Waals surface area contributed by atoms with Crippen molar-refractivity contribution < 1.29 is 0 Å². The van der Waals surface area contributed by atoms with Crippen molar-refractivity contribution in [1.29, 1.82) is 5.41 Å². The maximum atomic E-state index is 7.35. The van der Waals surface area contributed by atoms with Crippen molar-refractivity contribution in [3.63, 3.8) is 0 Å². The summed E-state index contributed by atoms with van der Waals surface area (Å²) in [6, 6.07) is 1.34. The van der Waals surface area contributed by atoms with Gasteiger partial charge in [-0.05, 0) is 38.3 Å². The fourth-order valence-electron chi connectivity index (χ4n) is 3.27. The molecule has 0 spiro atoms. The van der Waals surface area contributed by atoms with Gasteiger partial charge >= 0.3 is 0 Å². The lowest BCUT2D eigenvalue weighted by molar-refractivity contribution is 0.149. The number of rotatable bonds is 4. The van der Waals surface area contributed by atoms with Gasteiger partial charge in [-0.15, -0.1) is 0 Å². The number of nitrogens with one attached hydrogen (secondary N) is 2. The van der Waals surface area contributed by atoms with Crippen LogP contribution < -0.4 is 5.32 Å². The molecule has 1 saturated heterocycles. The van der Waals surface area contributed by atoms with Crippen molar-refractivity contribution in [1.82, 2.24) is 15.1 Å². The van der Waals surface area contributed by atoms with Gasteiger partial charge in [0.05, 0.1) is 6.34 Å². The first-order valence-corrected chi connectivity index (χ1v) is 7.19. The van der Waals surface area contributed by atoms with Crippen molar-refractivity contribution in [3.05, 3.63) is 12.8 Å². The minimum absolute atomic E-state index is 0.614. The number of nitrogens with zero attached hydrogens (tertiary/aromatic N) is 2. The predicted octanol–water partition coefficient (Wildman–Crippen LogP) is 1.65. The highest BCUT2D eigenvalue weighted by molar-refractivity contribution is 5.50. The van der Waals surface area contributed by atoms with E-state index in [0.29, 0.717) is 6.04 Å². The summed E-state index contributed by atoms with van der Waals surface area (Å²) in [4.78, 5) is 4.77. The van der Waals surface area contributed by atoms with Gasteiger partial charge in [0.2, 0.25) is 0 Å². The Morgan fingerprint density at radius 1 is 1.11 bits per heavy atom. The molecule has 1 saturated carbocycles. The van der Waals surface area contributed by atoms with Gasteiger partial charge in [0.1, 0.15) is 0 Å². The third-order valence-corrected chi connectivity index (χ3v) is 4.26. The summed E-state index contributed by atoms with van der Waals surface area (Å²) in [7, 11) is 0. The average molecular weight is 250 g/mol. The molecule has 2 rings (SSSR count). The first-order chi connectivity index (χ1) is 8.83. The molecule has 0 bridgehead atoms. The molecule has 18 heavy (non-hydrogen) atoms. The minimum atomic E-state index is 0.614. The molecule has 1 aliphatic carbocycles. The summed E-state index contributed by atoms with van der Waals surface area (Å²) in [5.74, 6) is 0. The molecule has 0 aromatic rings. The van der Waals surface area contributed by atoms with Gasteiger partial charge in [0.25, 0.3) is 0 Å². The summed E-state index contributed by atoms with van der Waals surface area (Å²) >= 11 is 0. The van der Waals surface area contributed by atoms with E-state index < -0.39 is 0 Å². The van der Waals surface area contributed by atoms with E-state index in [4.69, 9.17) is 5.41 Å². The van der Waals surface area contributed by atoms with Gasteiger partial charge in [0.15, 0.2) is 0 Å². The molecule has 0 aromatic heterocycles. The van der Waals surface area contributed by atoms with E-state index in [1.807, 2.05) is 6.20 Å². The predicted molar refractivity (Wildman–Crippen MR) is 75.9 cm³/mol. The maximum Gasteiger partial charge on any atom is 0.0817 e. The summed E-state index contributed by atoms with van der Waals surface area (Å²) in [5.41, 5.74) is 0. The highest BCUT2D eigenvalue weighted by atomic mass is 15.2. The number of hydrogen-bond donors (Lipinski definition) is 2. The maximum absolute atomic E-state index is 7.35. The normalized spacial score (nSPS) is 30.6. The summed E-state index contributed by atoms with van der Waals surface area (Å²) in [5, 5.41) is 10.7. The van der Waals surface area contributed by atoms with Crippen LogP contribution in [0.4, 0.5) is 0 Å². The second-order valence-electron chi connectivity index (χ2n) is 5.44. The van der Waals surface area contributed by atoms with Gasteiger partial charge in [-0.2, -0.15) is 0 Å². The topological polar surface area (TPSA) is 42.4 Å². The SMILES string of the molecule is C=CN[C@H]1CCC[C@H](N2CCCN(C=N)CC2)C1. The van der Waals surface area contributed by atoms with Crippen molar-refractivity contribution in [2.75, 3.05) is 26.2 Å². The Morgan fingerprint density at radius 2 is 2.00 bits per heavy atom. The number of hydrogen-bond acceptors (Lipinski definition) is 3. The molecule has 2 atom stereocenters. The van der Waals surface area contributed by atoms with E-state index in [0.717, 1.165) is 25.7 Å². The fourth-order valence-corrected chi connectivity index (χ4v) is 3.27. The lowest BCUT2D eigenvalue weighted by atomic mass is 9.90. The average Bonchev–Trinajstić information content (AvgIpc) is 2.65. The molecule has 1 aliphatic heterocycles. The van der Waals surface area contributed by atoms with Crippen LogP contribution in [0.5, 0.6) is 0 Å². The molecular weight excluding hydrogens is 224 g/mol. The third kappa shape index (κ3) is 3.48. The third-order valence-electron chi connectivity index (χ3n) is 4.26. The quantitative estimate of drug-likeness (QED) is 0.589. The van der Waals surface area contributed by atoms with Gasteiger partial charge in [-0.1, -0.05) is 6.58 Å². The van der Waals surface area contributed by atoms with Crippen LogP contribution in [0.15, 0.2) is 12.8 Å². The van der Waals surface area contributed by atoms with Crippen LogP contribution in [-0.2, 0) is 0 Å². The zero-order valence-electron chi connectivity index (χ0n) is 11.3. The zero-order chi connectivity index (χ0) is 12.8. The Labute approximate surface area is 111 Å². The van der Waals surface area contributed by atoms with Crippen LogP contribution >= 0.6 is 0 Å². The van der Waals surface area contributed by atoms with Crippen LogP contribution in [0.1, 0.15) is 32.1 Å². The molecule has 0 radical (unpaired) electrons. The van der Waals surface area contributed by atoms with Crippen LogP contribution in [0.2, 0.25) is 0 Å². The molecule has 4 nitrogen and oxygen atoms in total. The Morgan fingerprint density at radius 3 is 2.78 bits per heavy atom. The molecule has 102 valence electrons. The lowest BCUT2D eigenvalue weighted by Gasteiger charge is -2.37. The Bertz CT molecular complexity index is 279. The lowest BCUT2D eigenvalue weighted by Crippen LogP contribution is -2.44. The molecule has 1 heterocycles. The van der Waals surface area contributed by atoms with Crippen LogP contribution in [-0.4, -0.2) is 54.4 Å². The van der Waals surface area contributed by atoms with E-state index in [1.165, 1.54) is 45.0 Å². The molecule has 2 aliphatic rings.